The molecule has 170 valence electrons. The smallest absolute Gasteiger partial charge is 0.425 e. The van der Waals surface area contributed by atoms with Crippen molar-refractivity contribution in [2.24, 2.45) is 0 Å². The lowest BCUT2D eigenvalue weighted by molar-refractivity contribution is -0.593. The Kier molecular flexibility index (Phi) is 5.86. The summed E-state index contributed by atoms with van der Waals surface area (Å²) in [6, 6.07) is 22.4. The third-order valence-corrected chi connectivity index (χ3v) is 5.51. The van der Waals surface area contributed by atoms with Crippen molar-refractivity contribution in [3.05, 3.63) is 102 Å². The van der Waals surface area contributed by atoms with E-state index < -0.39 is 18.3 Å². The number of hydrogen-bond acceptors (Lipinski definition) is 3. The maximum Gasteiger partial charge on any atom is 0.425 e. The van der Waals surface area contributed by atoms with Crippen molar-refractivity contribution in [1.29, 1.82) is 0 Å². The Balaban J connectivity index is 1.90. The summed E-state index contributed by atoms with van der Waals surface area (Å²) in [6.45, 7) is -0.915. The summed E-state index contributed by atoms with van der Waals surface area (Å²) in [6.07, 6.45) is -3.98. The number of aromatic nitrogens is 2. The fourth-order valence-electron chi connectivity index (χ4n) is 3.82. The number of imidazole rings is 1. The normalized spacial score (nSPS) is 13.5. The second-order valence-electron chi connectivity index (χ2n) is 7.58. The Labute approximate surface area is 188 Å². The predicted octanol–water partition coefficient (Wildman–Crippen LogP) is 4.91. The van der Waals surface area contributed by atoms with Crippen molar-refractivity contribution in [2.75, 3.05) is 7.11 Å². The highest BCUT2D eigenvalue weighted by molar-refractivity contribution is 5.76. The first-order chi connectivity index (χ1) is 15.7. The predicted molar refractivity (Wildman–Crippen MR) is 117 cm³/mol. The third kappa shape index (κ3) is 4.17. The van der Waals surface area contributed by atoms with Gasteiger partial charge in [-0.2, -0.15) is 13.2 Å². The quantitative estimate of drug-likeness (QED) is 0.333. The van der Waals surface area contributed by atoms with Crippen LogP contribution in [0.5, 0.6) is 5.75 Å². The standard InChI is InChI=1S/C25H21F3N2O3/c1-33-21-14-12-20(13-15-21)24(31,25(26,27)28)16-29-17-30(32)23(19-10-6-3-7-11-19)22(29)18-8-4-2-5-9-18/h2-15,17,31H,16H2,1H3/t24-/m0/s1. The summed E-state index contributed by atoms with van der Waals surface area (Å²) in [4.78, 5) is 0. The highest BCUT2D eigenvalue weighted by Crippen LogP contribution is 2.42. The number of halogens is 3. The SMILES string of the molecule is COc1ccc([C@@](O)(Cn2c[n+]([O-])c(-c3ccccc3)c2-c2ccccc2)C(F)(F)F)cc1. The van der Waals surface area contributed by atoms with Gasteiger partial charge in [0.15, 0.2) is 11.4 Å². The minimum atomic E-state index is -5.01. The monoisotopic (exact) mass is 454 g/mol. The van der Waals surface area contributed by atoms with E-state index in [1.807, 2.05) is 0 Å². The van der Waals surface area contributed by atoms with Crippen LogP contribution in [0.2, 0.25) is 0 Å². The van der Waals surface area contributed by atoms with Crippen LogP contribution in [0.1, 0.15) is 5.56 Å². The molecule has 0 spiro atoms. The van der Waals surface area contributed by atoms with Gasteiger partial charge in [-0.15, -0.1) is 0 Å². The first-order valence-electron chi connectivity index (χ1n) is 10.1. The van der Waals surface area contributed by atoms with Gasteiger partial charge in [-0.1, -0.05) is 72.8 Å². The van der Waals surface area contributed by atoms with Crippen LogP contribution < -0.4 is 9.47 Å². The van der Waals surface area contributed by atoms with E-state index >= 15 is 0 Å². The first kappa shape index (κ1) is 22.4. The average Bonchev–Trinajstić information content (AvgIpc) is 3.14. The van der Waals surface area contributed by atoms with Gasteiger partial charge in [0.2, 0.25) is 11.9 Å². The van der Waals surface area contributed by atoms with Gasteiger partial charge in [-0.3, -0.25) is 0 Å². The highest BCUT2D eigenvalue weighted by atomic mass is 19.4. The largest absolute Gasteiger partial charge is 0.710 e. The maximum absolute atomic E-state index is 14.2. The van der Waals surface area contributed by atoms with Crippen LogP contribution in [0.3, 0.4) is 0 Å². The maximum atomic E-state index is 14.2. The molecule has 5 nitrogen and oxygen atoms in total. The fraction of sp³-hybridized carbons (Fsp3) is 0.160. The number of hydrogen-bond donors (Lipinski definition) is 1. The van der Waals surface area contributed by atoms with Crippen molar-refractivity contribution in [2.45, 2.75) is 18.3 Å². The van der Waals surface area contributed by atoms with Gasteiger partial charge in [0.1, 0.15) is 12.3 Å². The summed E-state index contributed by atoms with van der Waals surface area (Å²) in [5, 5.41) is 23.9. The lowest BCUT2D eigenvalue weighted by atomic mass is 9.92. The van der Waals surface area contributed by atoms with Gasteiger partial charge in [-0.05, 0) is 17.7 Å². The van der Waals surface area contributed by atoms with Gasteiger partial charge in [0.05, 0.1) is 7.11 Å². The summed E-state index contributed by atoms with van der Waals surface area (Å²) < 4.78 is 49.4. The summed E-state index contributed by atoms with van der Waals surface area (Å²) in [5.74, 6) is 0.359. The van der Waals surface area contributed by atoms with Crippen molar-refractivity contribution < 1.29 is 27.7 Å². The molecule has 0 bridgehead atoms. The minimum absolute atomic E-state index is 0.195. The molecule has 4 rings (SSSR count). The van der Waals surface area contributed by atoms with E-state index in [4.69, 9.17) is 4.74 Å². The number of alkyl halides is 3. The molecule has 1 aromatic heterocycles. The Bertz CT molecular complexity index is 1220. The second-order valence-corrected chi connectivity index (χ2v) is 7.58. The zero-order valence-electron chi connectivity index (χ0n) is 17.7. The van der Waals surface area contributed by atoms with E-state index in [0.717, 1.165) is 10.9 Å². The van der Waals surface area contributed by atoms with Crippen LogP contribution >= 0.6 is 0 Å². The second kappa shape index (κ2) is 8.63. The number of benzene rings is 3. The Morgan fingerprint density at radius 1 is 0.879 bits per heavy atom. The minimum Gasteiger partial charge on any atom is -0.710 e. The molecule has 0 saturated carbocycles. The van der Waals surface area contributed by atoms with E-state index in [1.165, 1.54) is 31.4 Å². The van der Waals surface area contributed by atoms with Crippen LogP contribution in [0, 0.1) is 5.21 Å². The number of nitrogens with zero attached hydrogens (tertiary/aromatic N) is 2. The average molecular weight is 454 g/mol. The molecule has 0 fully saturated rings. The summed E-state index contributed by atoms with van der Waals surface area (Å²) in [5.41, 5.74) is -2.05. The van der Waals surface area contributed by atoms with Crippen molar-refractivity contribution in [3.63, 3.8) is 0 Å². The third-order valence-electron chi connectivity index (χ3n) is 5.51. The van der Waals surface area contributed by atoms with E-state index in [9.17, 15) is 23.5 Å². The molecular formula is C25H21F3N2O3. The van der Waals surface area contributed by atoms with Crippen LogP contribution in [0.4, 0.5) is 13.2 Å². The molecule has 1 atom stereocenters. The number of methoxy groups -OCH3 is 1. The molecule has 0 aliphatic rings. The molecule has 4 aromatic rings. The van der Waals surface area contributed by atoms with E-state index in [0.29, 0.717) is 21.6 Å². The highest BCUT2D eigenvalue weighted by Gasteiger charge is 2.57. The van der Waals surface area contributed by atoms with Gasteiger partial charge >= 0.3 is 6.18 Å². The topological polar surface area (TPSA) is 61.3 Å². The molecular weight excluding hydrogens is 433 g/mol. The van der Waals surface area contributed by atoms with Gasteiger partial charge in [0.25, 0.3) is 0 Å². The number of ether oxygens (including phenoxy) is 1. The fourth-order valence-corrected chi connectivity index (χ4v) is 3.82. The Morgan fingerprint density at radius 3 is 1.94 bits per heavy atom. The molecule has 0 aliphatic heterocycles. The molecule has 1 heterocycles. The lowest BCUT2D eigenvalue weighted by Gasteiger charge is -2.29. The molecule has 0 unspecified atom stereocenters. The van der Waals surface area contributed by atoms with E-state index in [2.05, 4.69) is 0 Å². The molecule has 3 aromatic carbocycles. The molecule has 8 heteroatoms. The van der Waals surface area contributed by atoms with Crippen LogP contribution in [0.15, 0.2) is 91.3 Å². The molecule has 0 amide bonds. The van der Waals surface area contributed by atoms with Crippen molar-refractivity contribution in [3.8, 4) is 28.3 Å². The summed E-state index contributed by atoms with van der Waals surface area (Å²) in [7, 11) is 1.40. The van der Waals surface area contributed by atoms with Crippen LogP contribution in [-0.4, -0.2) is 23.0 Å². The zero-order valence-corrected chi connectivity index (χ0v) is 17.7. The molecule has 0 radical (unpaired) electrons. The zero-order chi connectivity index (χ0) is 23.6. The van der Waals surface area contributed by atoms with Crippen LogP contribution in [0.25, 0.3) is 22.5 Å². The molecule has 33 heavy (non-hydrogen) atoms. The van der Waals surface area contributed by atoms with Gasteiger partial charge in [-0.25, -0.2) is 9.30 Å². The Hall–Kier alpha value is -3.78. The van der Waals surface area contributed by atoms with Crippen molar-refractivity contribution >= 4 is 0 Å². The van der Waals surface area contributed by atoms with Gasteiger partial charge < -0.3 is 15.1 Å². The summed E-state index contributed by atoms with van der Waals surface area (Å²) >= 11 is 0. The number of rotatable bonds is 6. The van der Waals surface area contributed by atoms with E-state index in [1.54, 1.807) is 60.7 Å². The van der Waals surface area contributed by atoms with Crippen molar-refractivity contribution in [1.82, 2.24) is 4.57 Å². The molecule has 1 N–H and O–H groups in total. The molecule has 0 saturated heterocycles. The van der Waals surface area contributed by atoms with E-state index in [-0.39, 0.29) is 17.0 Å². The Morgan fingerprint density at radius 2 is 1.42 bits per heavy atom. The van der Waals surface area contributed by atoms with Crippen LogP contribution in [-0.2, 0) is 12.1 Å². The van der Waals surface area contributed by atoms with Gasteiger partial charge in [0, 0.05) is 11.1 Å². The lowest BCUT2D eigenvalue weighted by Crippen LogP contribution is -2.46. The number of aliphatic hydroxyl groups is 1. The first-order valence-corrected chi connectivity index (χ1v) is 10.1. The molecule has 0 aliphatic carbocycles.